The van der Waals surface area contributed by atoms with Gasteiger partial charge in [-0.2, -0.15) is 0 Å². The Morgan fingerprint density at radius 3 is 2.68 bits per heavy atom. The van der Waals surface area contributed by atoms with Gasteiger partial charge < -0.3 is 4.90 Å². The third-order valence-electron chi connectivity index (χ3n) is 3.78. The Kier molecular flexibility index (Phi) is 4.97. The molecule has 0 N–H and O–H groups in total. The summed E-state index contributed by atoms with van der Waals surface area (Å²) in [6.45, 7) is 2.66. The van der Waals surface area contributed by atoms with Crippen molar-refractivity contribution in [3.8, 4) is 0 Å². The van der Waals surface area contributed by atoms with Gasteiger partial charge in [0.1, 0.15) is 5.82 Å². The van der Waals surface area contributed by atoms with Gasteiger partial charge in [0.2, 0.25) is 0 Å². The Balaban J connectivity index is 2.22. The first-order valence-electron chi connectivity index (χ1n) is 6.89. The van der Waals surface area contributed by atoms with Crippen LogP contribution in [0, 0.1) is 5.82 Å². The summed E-state index contributed by atoms with van der Waals surface area (Å²) in [6, 6.07) is 4.58. The summed E-state index contributed by atoms with van der Waals surface area (Å²) in [5.74, 6) is -0.438. The van der Waals surface area contributed by atoms with Crippen LogP contribution in [0.4, 0.5) is 4.39 Å². The van der Waals surface area contributed by atoms with Crippen molar-refractivity contribution in [3.63, 3.8) is 0 Å². The number of amides is 1. The molecule has 1 aromatic carbocycles. The smallest absolute Gasteiger partial charge is 0.255 e. The van der Waals surface area contributed by atoms with E-state index in [2.05, 4.69) is 15.9 Å². The highest BCUT2D eigenvalue weighted by Gasteiger charge is 2.26. The summed E-state index contributed by atoms with van der Waals surface area (Å²) >= 11 is 3.34. The molecule has 1 aliphatic rings. The SMILES string of the molecule is CCN(C(=O)c1cc(F)ccc1Br)C1CCCCC1. The monoisotopic (exact) mass is 327 g/mol. The van der Waals surface area contributed by atoms with Crippen LogP contribution in [0.25, 0.3) is 0 Å². The van der Waals surface area contributed by atoms with Crippen LogP contribution < -0.4 is 0 Å². The average molecular weight is 328 g/mol. The van der Waals surface area contributed by atoms with Crippen molar-refractivity contribution in [1.29, 1.82) is 0 Å². The molecule has 0 radical (unpaired) electrons. The van der Waals surface area contributed by atoms with Crippen LogP contribution in [0.1, 0.15) is 49.4 Å². The van der Waals surface area contributed by atoms with Crippen LogP contribution >= 0.6 is 15.9 Å². The molecule has 1 amide bonds. The molecule has 1 aromatic rings. The molecule has 0 saturated heterocycles. The van der Waals surface area contributed by atoms with Gasteiger partial charge in [-0.05, 0) is 53.9 Å². The zero-order chi connectivity index (χ0) is 13.8. The summed E-state index contributed by atoms with van der Waals surface area (Å²) in [5.41, 5.74) is 0.424. The molecule has 19 heavy (non-hydrogen) atoms. The topological polar surface area (TPSA) is 20.3 Å². The highest BCUT2D eigenvalue weighted by molar-refractivity contribution is 9.10. The maximum Gasteiger partial charge on any atom is 0.255 e. The van der Waals surface area contributed by atoms with Gasteiger partial charge in [0, 0.05) is 17.1 Å². The van der Waals surface area contributed by atoms with E-state index in [-0.39, 0.29) is 11.7 Å². The van der Waals surface area contributed by atoms with Crippen molar-refractivity contribution >= 4 is 21.8 Å². The third-order valence-corrected chi connectivity index (χ3v) is 4.47. The van der Waals surface area contributed by atoms with Crippen LogP contribution in [-0.2, 0) is 0 Å². The Labute approximate surface area is 122 Å². The molecule has 0 atom stereocenters. The van der Waals surface area contributed by atoms with E-state index in [0.717, 1.165) is 12.8 Å². The van der Waals surface area contributed by atoms with E-state index in [0.29, 0.717) is 22.6 Å². The van der Waals surface area contributed by atoms with E-state index in [9.17, 15) is 9.18 Å². The van der Waals surface area contributed by atoms with E-state index in [1.165, 1.54) is 31.4 Å². The summed E-state index contributed by atoms with van der Waals surface area (Å²) in [4.78, 5) is 14.5. The fraction of sp³-hybridized carbons (Fsp3) is 0.533. The number of halogens is 2. The van der Waals surface area contributed by atoms with Crippen LogP contribution in [-0.4, -0.2) is 23.4 Å². The van der Waals surface area contributed by atoms with Gasteiger partial charge >= 0.3 is 0 Å². The lowest BCUT2D eigenvalue weighted by atomic mass is 9.93. The van der Waals surface area contributed by atoms with E-state index in [4.69, 9.17) is 0 Å². The van der Waals surface area contributed by atoms with E-state index < -0.39 is 0 Å². The lowest BCUT2D eigenvalue weighted by Crippen LogP contribution is -2.41. The standard InChI is InChI=1S/C15H19BrFNO/c1-2-18(12-6-4-3-5-7-12)15(19)13-10-11(17)8-9-14(13)16/h8-10,12H,2-7H2,1H3. The van der Waals surface area contributed by atoms with Gasteiger partial charge in [0.15, 0.2) is 0 Å². The zero-order valence-electron chi connectivity index (χ0n) is 11.2. The van der Waals surface area contributed by atoms with E-state index in [1.54, 1.807) is 6.07 Å². The molecular formula is C15H19BrFNO. The Morgan fingerprint density at radius 2 is 2.05 bits per heavy atom. The molecule has 0 aliphatic heterocycles. The number of rotatable bonds is 3. The molecule has 2 rings (SSSR count). The fourth-order valence-electron chi connectivity index (χ4n) is 2.78. The van der Waals surface area contributed by atoms with Crippen LogP contribution in [0.5, 0.6) is 0 Å². The lowest BCUT2D eigenvalue weighted by Gasteiger charge is -2.33. The highest BCUT2D eigenvalue weighted by atomic mass is 79.9. The summed E-state index contributed by atoms with van der Waals surface area (Å²) in [7, 11) is 0. The van der Waals surface area contributed by atoms with Gasteiger partial charge in [-0.3, -0.25) is 4.79 Å². The van der Waals surface area contributed by atoms with Gasteiger partial charge in [-0.25, -0.2) is 4.39 Å². The number of hydrogen-bond acceptors (Lipinski definition) is 1. The molecule has 0 unspecified atom stereocenters. The van der Waals surface area contributed by atoms with Crippen molar-refractivity contribution in [1.82, 2.24) is 4.90 Å². The first-order valence-corrected chi connectivity index (χ1v) is 7.68. The maximum atomic E-state index is 13.3. The molecule has 0 spiro atoms. The van der Waals surface area contributed by atoms with Crippen molar-refractivity contribution in [2.45, 2.75) is 45.1 Å². The largest absolute Gasteiger partial charge is 0.336 e. The first-order chi connectivity index (χ1) is 9.13. The first kappa shape index (κ1) is 14.5. The van der Waals surface area contributed by atoms with Crippen molar-refractivity contribution in [2.75, 3.05) is 6.54 Å². The van der Waals surface area contributed by atoms with Gasteiger partial charge in [0.25, 0.3) is 5.91 Å². The van der Waals surface area contributed by atoms with Gasteiger partial charge in [-0.1, -0.05) is 19.3 Å². The average Bonchev–Trinajstić information content (AvgIpc) is 2.43. The molecule has 4 heteroatoms. The highest BCUT2D eigenvalue weighted by Crippen LogP contribution is 2.26. The minimum absolute atomic E-state index is 0.0687. The molecule has 1 fully saturated rings. The predicted molar refractivity (Wildman–Crippen MR) is 77.7 cm³/mol. The Morgan fingerprint density at radius 1 is 1.37 bits per heavy atom. The van der Waals surface area contributed by atoms with E-state index >= 15 is 0 Å². The predicted octanol–water partition coefficient (Wildman–Crippen LogP) is 4.38. The molecular weight excluding hydrogens is 309 g/mol. The number of carbonyl (C=O) groups is 1. The van der Waals surface area contributed by atoms with Crippen molar-refractivity contribution < 1.29 is 9.18 Å². The molecule has 2 nitrogen and oxygen atoms in total. The molecule has 0 bridgehead atoms. The summed E-state index contributed by atoms with van der Waals surface area (Å²) in [6.07, 6.45) is 5.74. The second-order valence-corrected chi connectivity index (χ2v) is 5.86. The number of benzene rings is 1. The normalized spacial score (nSPS) is 16.4. The Hall–Kier alpha value is -0.900. The molecule has 1 aliphatic carbocycles. The second-order valence-electron chi connectivity index (χ2n) is 5.01. The minimum atomic E-state index is -0.369. The third kappa shape index (κ3) is 3.35. The number of nitrogens with zero attached hydrogens (tertiary/aromatic N) is 1. The van der Waals surface area contributed by atoms with Crippen LogP contribution in [0.3, 0.4) is 0 Å². The van der Waals surface area contributed by atoms with Gasteiger partial charge in [0.05, 0.1) is 5.56 Å². The lowest BCUT2D eigenvalue weighted by molar-refractivity contribution is 0.0646. The van der Waals surface area contributed by atoms with Crippen molar-refractivity contribution in [2.24, 2.45) is 0 Å². The van der Waals surface area contributed by atoms with Crippen LogP contribution in [0.15, 0.2) is 22.7 Å². The number of hydrogen-bond donors (Lipinski definition) is 0. The van der Waals surface area contributed by atoms with Gasteiger partial charge in [-0.15, -0.1) is 0 Å². The molecule has 0 aromatic heterocycles. The molecule has 0 heterocycles. The molecule has 104 valence electrons. The Bertz CT molecular complexity index is 457. The maximum absolute atomic E-state index is 13.3. The zero-order valence-corrected chi connectivity index (χ0v) is 12.7. The summed E-state index contributed by atoms with van der Waals surface area (Å²) < 4.78 is 14.0. The minimum Gasteiger partial charge on any atom is -0.336 e. The fourth-order valence-corrected chi connectivity index (χ4v) is 3.19. The van der Waals surface area contributed by atoms with Crippen molar-refractivity contribution in [3.05, 3.63) is 34.1 Å². The van der Waals surface area contributed by atoms with E-state index in [1.807, 2.05) is 11.8 Å². The van der Waals surface area contributed by atoms with Crippen LogP contribution in [0.2, 0.25) is 0 Å². The number of carbonyl (C=O) groups excluding carboxylic acids is 1. The summed E-state index contributed by atoms with van der Waals surface area (Å²) in [5, 5.41) is 0. The quantitative estimate of drug-likeness (QED) is 0.806. The molecule has 1 saturated carbocycles. The second kappa shape index (κ2) is 6.51.